The average molecular weight is 304 g/mol. The molecule has 1 fully saturated rings. The van der Waals surface area contributed by atoms with Crippen LogP contribution in [0.25, 0.3) is 0 Å². The maximum Gasteiger partial charge on any atom is 0.128 e. The second-order valence-electron chi connectivity index (χ2n) is 3.62. The number of rotatable bonds is 2. The van der Waals surface area contributed by atoms with Gasteiger partial charge in [-0.05, 0) is 41.1 Å². The zero-order valence-corrected chi connectivity index (χ0v) is 10.0. The lowest BCUT2D eigenvalue weighted by molar-refractivity contribution is 0.238. The summed E-state index contributed by atoms with van der Waals surface area (Å²) in [5.74, 6) is 1.46. The smallest absolute Gasteiger partial charge is 0.128 e. The molecule has 14 heavy (non-hydrogen) atoms. The minimum atomic E-state index is 0.293. The van der Waals surface area contributed by atoms with E-state index in [9.17, 15) is 0 Å². The van der Waals surface area contributed by atoms with E-state index in [4.69, 9.17) is 5.11 Å². The lowest BCUT2D eigenvalue weighted by Crippen LogP contribution is -2.21. The van der Waals surface area contributed by atoms with E-state index < -0.39 is 0 Å². The van der Waals surface area contributed by atoms with Crippen LogP contribution in [0.1, 0.15) is 6.42 Å². The molecular formula is C10H13IN2O. The van der Waals surface area contributed by atoms with Gasteiger partial charge in [-0.2, -0.15) is 0 Å². The van der Waals surface area contributed by atoms with Crippen LogP contribution in [0, 0.1) is 9.49 Å². The zero-order chi connectivity index (χ0) is 9.97. The Balaban J connectivity index is 2.06. The van der Waals surface area contributed by atoms with Gasteiger partial charge in [-0.3, -0.25) is 0 Å². The number of hydrogen-bond donors (Lipinski definition) is 1. The molecule has 1 aliphatic rings. The molecule has 1 aromatic rings. The summed E-state index contributed by atoms with van der Waals surface area (Å²) >= 11 is 2.25. The Labute approximate surface area is 97.3 Å². The lowest BCUT2D eigenvalue weighted by Gasteiger charge is -2.16. The van der Waals surface area contributed by atoms with E-state index in [1.165, 1.54) is 0 Å². The van der Waals surface area contributed by atoms with E-state index >= 15 is 0 Å². The molecule has 2 rings (SSSR count). The first-order valence-electron chi connectivity index (χ1n) is 4.77. The fourth-order valence-corrected chi connectivity index (χ4v) is 2.06. The largest absolute Gasteiger partial charge is 0.396 e. The third-order valence-corrected chi connectivity index (χ3v) is 3.22. The highest BCUT2D eigenvalue weighted by atomic mass is 127. The fraction of sp³-hybridized carbons (Fsp3) is 0.500. The molecule has 0 radical (unpaired) electrons. The topological polar surface area (TPSA) is 36.4 Å². The first kappa shape index (κ1) is 10.2. The molecule has 1 atom stereocenters. The maximum atomic E-state index is 9.03. The highest BCUT2D eigenvalue weighted by molar-refractivity contribution is 14.1. The number of aliphatic hydroxyl groups excluding tert-OH is 1. The van der Waals surface area contributed by atoms with E-state index in [0.29, 0.717) is 12.5 Å². The summed E-state index contributed by atoms with van der Waals surface area (Å²) in [6, 6.07) is 4.11. The first-order chi connectivity index (χ1) is 6.79. The molecule has 1 saturated heterocycles. The van der Waals surface area contributed by atoms with Crippen molar-refractivity contribution >= 4 is 28.4 Å². The standard InChI is InChI=1S/C10H13IN2O/c11-9-1-2-10(12-5-9)13-4-3-8(6-13)7-14/h1-2,5,8,14H,3-4,6-7H2. The van der Waals surface area contributed by atoms with E-state index in [1.807, 2.05) is 12.3 Å². The van der Waals surface area contributed by atoms with Gasteiger partial charge in [0, 0.05) is 35.4 Å². The van der Waals surface area contributed by atoms with Crippen molar-refractivity contribution in [3.8, 4) is 0 Å². The SMILES string of the molecule is OCC1CCN(c2ccc(I)cn2)C1. The third kappa shape index (κ3) is 2.17. The molecule has 0 bridgehead atoms. The Bertz CT molecular complexity index is 301. The first-order valence-corrected chi connectivity index (χ1v) is 5.85. The number of halogens is 1. The quantitative estimate of drug-likeness (QED) is 0.841. The van der Waals surface area contributed by atoms with Crippen LogP contribution in [0.4, 0.5) is 5.82 Å². The third-order valence-electron chi connectivity index (χ3n) is 2.58. The van der Waals surface area contributed by atoms with Gasteiger partial charge in [0.15, 0.2) is 0 Å². The molecule has 1 aromatic heterocycles. The van der Waals surface area contributed by atoms with Gasteiger partial charge >= 0.3 is 0 Å². The van der Waals surface area contributed by atoms with Crippen molar-refractivity contribution in [2.24, 2.45) is 5.92 Å². The summed E-state index contributed by atoms with van der Waals surface area (Å²) in [5.41, 5.74) is 0. The van der Waals surface area contributed by atoms with E-state index in [1.54, 1.807) is 0 Å². The molecule has 0 amide bonds. The Hall–Kier alpha value is -0.360. The van der Waals surface area contributed by atoms with Crippen molar-refractivity contribution < 1.29 is 5.11 Å². The van der Waals surface area contributed by atoms with Crippen LogP contribution in [0.5, 0.6) is 0 Å². The van der Waals surface area contributed by atoms with Crippen molar-refractivity contribution in [1.82, 2.24) is 4.98 Å². The van der Waals surface area contributed by atoms with Gasteiger partial charge in [0.05, 0.1) is 0 Å². The number of nitrogens with zero attached hydrogens (tertiary/aromatic N) is 2. The van der Waals surface area contributed by atoms with Crippen molar-refractivity contribution in [3.63, 3.8) is 0 Å². The van der Waals surface area contributed by atoms with Crippen LogP contribution >= 0.6 is 22.6 Å². The van der Waals surface area contributed by atoms with E-state index in [-0.39, 0.29) is 0 Å². The van der Waals surface area contributed by atoms with Gasteiger partial charge in [0.2, 0.25) is 0 Å². The molecule has 2 heterocycles. The molecule has 0 spiro atoms. The number of anilines is 1. The number of pyridine rings is 1. The molecular weight excluding hydrogens is 291 g/mol. The predicted octanol–water partition coefficient (Wildman–Crippen LogP) is 1.50. The minimum Gasteiger partial charge on any atom is -0.396 e. The van der Waals surface area contributed by atoms with Crippen LogP contribution in [-0.2, 0) is 0 Å². The molecule has 0 saturated carbocycles. The molecule has 1 aliphatic heterocycles. The highest BCUT2D eigenvalue weighted by Gasteiger charge is 2.22. The van der Waals surface area contributed by atoms with Gasteiger partial charge in [-0.15, -0.1) is 0 Å². The van der Waals surface area contributed by atoms with Crippen LogP contribution in [0.2, 0.25) is 0 Å². The summed E-state index contributed by atoms with van der Waals surface area (Å²) in [6.45, 7) is 2.24. The van der Waals surface area contributed by atoms with Gasteiger partial charge in [-0.25, -0.2) is 4.98 Å². The number of aromatic nitrogens is 1. The second kappa shape index (κ2) is 4.44. The van der Waals surface area contributed by atoms with Gasteiger partial charge in [-0.1, -0.05) is 0 Å². The normalized spacial score (nSPS) is 21.6. The highest BCUT2D eigenvalue weighted by Crippen LogP contribution is 2.21. The molecule has 0 aliphatic carbocycles. The molecule has 4 heteroatoms. The van der Waals surface area contributed by atoms with Crippen molar-refractivity contribution in [2.75, 3.05) is 24.6 Å². The molecule has 3 nitrogen and oxygen atoms in total. The van der Waals surface area contributed by atoms with E-state index in [2.05, 4.69) is 38.5 Å². The lowest BCUT2D eigenvalue weighted by atomic mass is 10.1. The van der Waals surface area contributed by atoms with Gasteiger partial charge in [0.1, 0.15) is 5.82 Å². The molecule has 1 N–H and O–H groups in total. The number of aliphatic hydroxyl groups is 1. The van der Waals surface area contributed by atoms with Crippen LogP contribution in [-0.4, -0.2) is 29.8 Å². The van der Waals surface area contributed by atoms with Crippen LogP contribution < -0.4 is 4.90 Å². The summed E-state index contributed by atoms with van der Waals surface area (Å²) in [7, 11) is 0. The van der Waals surface area contributed by atoms with Crippen LogP contribution in [0.15, 0.2) is 18.3 Å². The van der Waals surface area contributed by atoms with Crippen molar-refractivity contribution in [1.29, 1.82) is 0 Å². The summed E-state index contributed by atoms with van der Waals surface area (Å²) < 4.78 is 1.16. The zero-order valence-electron chi connectivity index (χ0n) is 7.86. The maximum absolute atomic E-state index is 9.03. The summed E-state index contributed by atoms with van der Waals surface area (Å²) in [6.07, 6.45) is 2.95. The second-order valence-corrected chi connectivity index (χ2v) is 4.86. The van der Waals surface area contributed by atoms with Crippen molar-refractivity contribution in [3.05, 3.63) is 21.9 Å². The monoisotopic (exact) mass is 304 g/mol. The molecule has 76 valence electrons. The van der Waals surface area contributed by atoms with Crippen LogP contribution in [0.3, 0.4) is 0 Å². The average Bonchev–Trinajstić information content (AvgIpc) is 2.67. The Morgan fingerprint density at radius 1 is 1.57 bits per heavy atom. The summed E-state index contributed by atoms with van der Waals surface area (Å²) in [5, 5.41) is 9.03. The predicted molar refractivity (Wildman–Crippen MR) is 64.4 cm³/mol. The molecule has 0 aromatic carbocycles. The van der Waals surface area contributed by atoms with Gasteiger partial charge in [0.25, 0.3) is 0 Å². The fourth-order valence-electron chi connectivity index (χ4n) is 1.74. The van der Waals surface area contributed by atoms with Crippen molar-refractivity contribution in [2.45, 2.75) is 6.42 Å². The summed E-state index contributed by atoms with van der Waals surface area (Å²) in [4.78, 5) is 6.60. The van der Waals surface area contributed by atoms with Gasteiger partial charge < -0.3 is 10.0 Å². The van der Waals surface area contributed by atoms with E-state index in [0.717, 1.165) is 28.9 Å². The minimum absolute atomic E-state index is 0.293. The Morgan fingerprint density at radius 3 is 3.00 bits per heavy atom. The number of hydrogen-bond acceptors (Lipinski definition) is 3. The molecule has 1 unspecified atom stereocenters. The Morgan fingerprint density at radius 2 is 2.43 bits per heavy atom. The Kier molecular flexibility index (Phi) is 3.22.